The van der Waals surface area contributed by atoms with E-state index in [-0.39, 0.29) is 11.2 Å². The van der Waals surface area contributed by atoms with E-state index in [0.717, 1.165) is 12.1 Å². The maximum Gasteiger partial charge on any atom is 0.416 e. The predicted molar refractivity (Wildman–Crippen MR) is 226 cm³/mol. The van der Waals surface area contributed by atoms with Crippen molar-refractivity contribution in [2.75, 3.05) is 0 Å². The Labute approximate surface area is 413 Å². The standard InChI is InChI=1S/C32H12BF24.C17H20NO/c34-25(35,36)13-1-14(26(37,38)39)6-21(5-13)33(22-7-15(27(40,41)42)2-16(8-22)28(43,44)45,23-9-17(29(46,47)48)3-18(10-23)30(49,50)51)24-11-19(31(52,53)54)4-20(12-24)32(55,56)57;1-17(2,3)16(19)15-9-11-18(12-10-15)13-14-7-5-4-6-8-14/h1-12H;4-12H,13H2,1-3H3/q-1;+1. The summed E-state index contributed by atoms with van der Waals surface area (Å²) in [6.45, 7) is 6.66. The fourth-order valence-corrected chi connectivity index (χ4v) is 8.01. The SMILES string of the molecule is CC(C)(C)C(=O)c1cc[n+](Cc2ccccc2)cc1.FC(F)(F)c1cc([B-](c2cc(C(F)(F)F)cc(C(F)(F)F)c2)(c2cc(C(F)(F)F)cc(C(F)(F)F)c2)c2cc(C(F)(F)F)cc(C(F)(F)F)c2)cc(C(F)(F)F)c1. The lowest BCUT2D eigenvalue weighted by molar-refractivity contribution is -0.688. The Morgan fingerprint density at radius 1 is 0.355 bits per heavy atom. The lowest BCUT2D eigenvalue weighted by atomic mass is 9.12. The number of pyridine rings is 1. The van der Waals surface area contributed by atoms with Gasteiger partial charge in [0, 0.05) is 28.7 Å². The molecule has 1 heterocycles. The summed E-state index contributed by atoms with van der Waals surface area (Å²) < 4.78 is 343. The van der Waals surface area contributed by atoms with Crippen LogP contribution in [0.1, 0.15) is 81.2 Å². The highest BCUT2D eigenvalue weighted by molar-refractivity contribution is 7.20. The van der Waals surface area contributed by atoms with Crippen molar-refractivity contribution >= 4 is 33.8 Å². The summed E-state index contributed by atoms with van der Waals surface area (Å²) in [4.78, 5) is 12.1. The molecule has 0 aliphatic carbocycles. The van der Waals surface area contributed by atoms with Gasteiger partial charge in [-0.25, -0.2) is 4.57 Å². The molecule has 0 amide bonds. The Hall–Kier alpha value is -6.70. The number of Topliss-reactive ketones (excluding diaryl/α,β-unsaturated/α-hetero) is 1. The zero-order valence-electron chi connectivity index (χ0n) is 38.3. The molecule has 76 heavy (non-hydrogen) atoms. The van der Waals surface area contributed by atoms with E-state index in [0.29, 0.717) is 0 Å². The average Bonchev–Trinajstić information content (AvgIpc) is 3.27. The van der Waals surface area contributed by atoms with Gasteiger partial charge in [0.25, 0.3) is 0 Å². The second-order valence-corrected chi connectivity index (χ2v) is 18.0. The molecule has 0 unspecified atom stereocenters. The van der Waals surface area contributed by atoms with E-state index < -0.39 is 195 Å². The van der Waals surface area contributed by atoms with Gasteiger partial charge in [0.1, 0.15) is 6.15 Å². The van der Waals surface area contributed by atoms with E-state index >= 15 is 0 Å². The highest BCUT2D eigenvalue weighted by atomic mass is 19.4. The number of rotatable bonds is 7. The Morgan fingerprint density at radius 3 is 0.776 bits per heavy atom. The molecule has 0 N–H and O–H groups in total. The second kappa shape index (κ2) is 20.4. The first-order valence-electron chi connectivity index (χ1n) is 21.2. The number of ketones is 1. The molecule has 6 rings (SSSR count). The average molecular weight is 1120 g/mol. The number of aromatic nitrogens is 1. The number of carbonyl (C=O) groups excluding carboxylic acids is 1. The van der Waals surface area contributed by atoms with Gasteiger partial charge in [-0.3, -0.25) is 4.79 Å². The van der Waals surface area contributed by atoms with Gasteiger partial charge in [-0.2, -0.15) is 127 Å². The minimum atomic E-state index is -6.13. The van der Waals surface area contributed by atoms with Crippen LogP contribution in [0.5, 0.6) is 0 Å². The number of alkyl halides is 24. The molecule has 2 nitrogen and oxygen atoms in total. The van der Waals surface area contributed by atoms with Crippen molar-refractivity contribution in [2.24, 2.45) is 5.41 Å². The van der Waals surface area contributed by atoms with Crippen molar-refractivity contribution < 1.29 is 115 Å². The third-order valence-corrected chi connectivity index (χ3v) is 11.5. The summed E-state index contributed by atoms with van der Waals surface area (Å²) in [7, 11) is 0. The smallest absolute Gasteiger partial charge is 0.294 e. The Morgan fingerprint density at radius 2 is 0.579 bits per heavy atom. The predicted octanol–water partition coefficient (Wildman–Crippen LogP) is 14.5. The molecule has 6 aromatic rings. The first kappa shape index (κ1) is 60.2. The monoisotopic (exact) mass is 1120 g/mol. The Balaban J connectivity index is 0.000000468. The molecule has 5 aromatic carbocycles. The van der Waals surface area contributed by atoms with Gasteiger partial charge in [0.15, 0.2) is 24.7 Å². The van der Waals surface area contributed by atoms with Crippen molar-refractivity contribution in [2.45, 2.75) is 76.7 Å². The molecule has 0 saturated carbocycles. The van der Waals surface area contributed by atoms with Crippen molar-refractivity contribution in [1.82, 2.24) is 0 Å². The van der Waals surface area contributed by atoms with E-state index in [1.54, 1.807) is 0 Å². The molecule has 0 fully saturated rings. The molecule has 27 heteroatoms. The summed E-state index contributed by atoms with van der Waals surface area (Å²) in [5, 5.41) is 0. The lowest BCUT2D eigenvalue weighted by Gasteiger charge is -2.46. The first-order valence-corrected chi connectivity index (χ1v) is 21.2. The van der Waals surface area contributed by atoms with Gasteiger partial charge < -0.3 is 0 Å². The van der Waals surface area contributed by atoms with Crippen LogP contribution in [-0.2, 0) is 56.0 Å². The Bertz CT molecular complexity index is 2600. The van der Waals surface area contributed by atoms with Crippen molar-refractivity contribution in [3.63, 3.8) is 0 Å². The second-order valence-electron chi connectivity index (χ2n) is 18.0. The van der Waals surface area contributed by atoms with Crippen LogP contribution >= 0.6 is 0 Å². The first-order chi connectivity index (χ1) is 34.2. The fourth-order valence-electron chi connectivity index (χ4n) is 8.01. The normalized spacial score (nSPS) is 13.6. The van der Waals surface area contributed by atoms with Crippen LogP contribution in [0.4, 0.5) is 105 Å². The number of hydrogen-bond donors (Lipinski definition) is 0. The van der Waals surface area contributed by atoms with Crippen LogP contribution in [0.2, 0.25) is 0 Å². The molecule has 0 saturated heterocycles. The van der Waals surface area contributed by atoms with E-state index in [2.05, 4.69) is 16.7 Å². The molecule has 0 spiro atoms. The fraction of sp³-hybridized carbons (Fsp3) is 0.265. The van der Waals surface area contributed by atoms with Crippen LogP contribution in [0.25, 0.3) is 0 Å². The molecule has 0 atom stereocenters. The number of halogens is 24. The van der Waals surface area contributed by atoms with E-state index in [4.69, 9.17) is 0 Å². The molecule has 410 valence electrons. The number of hydrogen-bond acceptors (Lipinski definition) is 1. The van der Waals surface area contributed by atoms with Gasteiger partial charge in [0.05, 0.1) is 44.5 Å². The highest BCUT2D eigenvalue weighted by Gasteiger charge is 2.47. The van der Waals surface area contributed by atoms with Crippen LogP contribution in [0.3, 0.4) is 0 Å². The van der Waals surface area contributed by atoms with Crippen LogP contribution in [-0.4, -0.2) is 11.9 Å². The minimum absolute atomic E-state index is 0.180. The van der Waals surface area contributed by atoms with Gasteiger partial charge in [-0.1, -0.05) is 99.6 Å². The number of benzene rings is 5. The zero-order chi connectivity index (χ0) is 57.8. The maximum atomic E-state index is 14.2. The van der Waals surface area contributed by atoms with E-state index in [1.807, 2.05) is 63.5 Å². The van der Waals surface area contributed by atoms with Crippen LogP contribution in [0, 0.1) is 5.41 Å². The van der Waals surface area contributed by atoms with E-state index in [9.17, 15) is 110 Å². The molecular formula is C49H32BF24NO. The van der Waals surface area contributed by atoms with Crippen molar-refractivity contribution in [1.29, 1.82) is 0 Å². The number of carbonyl (C=O) groups is 1. The van der Waals surface area contributed by atoms with Crippen LogP contribution in [0.15, 0.2) is 128 Å². The quantitative estimate of drug-likeness (QED) is 0.0675. The number of nitrogens with zero attached hydrogens (tertiary/aromatic N) is 1. The van der Waals surface area contributed by atoms with E-state index in [1.165, 1.54) is 5.56 Å². The van der Waals surface area contributed by atoms with Crippen molar-refractivity contribution in [3.8, 4) is 0 Å². The highest BCUT2D eigenvalue weighted by Crippen LogP contribution is 2.41. The third kappa shape index (κ3) is 14.0. The van der Waals surface area contributed by atoms with Gasteiger partial charge in [-0.05, 0) is 24.3 Å². The summed E-state index contributed by atoms with van der Waals surface area (Å²) in [6.07, 6.45) is -50.9. The molecule has 0 radical (unpaired) electrons. The molecule has 0 aliphatic heterocycles. The molecule has 1 aromatic heterocycles. The van der Waals surface area contributed by atoms with Crippen molar-refractivity contribution in [3.05, 3.63) is 183 Å². The maximum absolute atomic E-state index is 14.2. The topological polar surface area (TPSA) is 20.9 Å². The molecule has 0 bridgehead atoms. The summed E-state index contributed by atoms with van der Waals surface area (Å²) in [5.74, 6) is 0.180. The molecule has 0 aliphatic rings. The van der Waals surface area contributed by atoms with Gasteiger partial charge in [-0.15, -0.1) is 0 Å². The summed E-state index contributed by atoms with van der Waals surface area (Å²) in [6, 6.07) is 5.27. The Kier molecular flexibility index (Phi) is 16.1. The molecular weight excluding hydrogens is 1090 g/mol. The summed E-state index contributed by atoms with van der Waals surface area (Å²) in [5.41, 5.74) is -28.5. The van der Waals surface area contributed by atoms with Gasteiger partial charge >= 0.3 is 49.4 Å². The zero-order valence-corrected chi connectivity index (χ0v) is 38.3. The van der Waals surface area contributed by atoms with Crippen LogP contribution < -0.4 is 26.4 Å². The summed E-state index contributed by atoms with van der Waals surface area (Å²) >= 11 is 0. The van der Waals surface area contributed by atoms with Gasteiger partial charge in [0.2, 0.25) is 0 Å². The minimum Gasteiger partial charge on any atom is -0.294 e. The third-order valence-electron chi connectivity index (χ3n) is 11.5. The largest absolute Gasteiger partial charge is 0.416 e. The lowest BCUT2D eigenvalue weighted by Crippen LogP contribution is -2.75.